The Morgan fingerprint density at radius 2 is 1.95 bits per heavy atom. The zero-order valence-electron chi connectivity index (χ0n) is 13.2. The average Bonchev–Trinajstić information content (AvgIpc) is 2.51. The summed E-state index contributed by atoms with van der Waals surface area (Å²) < 4.78 is 5.66. The Balaban J connectivity index is 1.68. The number of hydrogen-bond donors (Lipinski definition) is 2. The van der Waals surface area contributed by atoms with Gasteiger partial charge in [0.15, 0.2) is 0 Å². The number of aliphatic hydroxyl groups is 1. The lowest BCUT2D eigenvalue weighted by Crippen LogP contribution is -2.33. The van der Waals surface area contributed by atoms with Crippen LogP contribution in [0.15, 0.2) is 24.3 Å². The molecule has 1 aliphatic carbocycles. The molecule has 0 saturated heterocycles. The van der Waals surface area contributed by atoms with Crippen molar-refractivity contribution < 1.29 is 9.84 Å². The number of unbranched alkanes of at least 4 members (excludes halogenated alkanes) is 1. The zero-order chi connectivity index (χ0) is 14.9. The third kappa shape index (κ3) is 5.68. The molecule has 1 fully saturated rings. The quantitative estimate of drug-likeness (QED) is 0.720. The molecule has 1 aromatic carbocycles. The highest BCUT2D eigenvalue weighted by molar-refractivity contribution is 5.27. The Bertz CT molecular complexity index is 391. The predicted octanol–water partition coefficient (Wildman–Crippen LogP) is 3.51. The summed E-state index contributed by atoms with van der Waals surface area (Å²) in [6.07, 6.45) is 6.71. The summed E-state index contributed by atoms with van der Waals surface area (Å²) in [5, 5.41) is 13.4. The van der Waals surface area contributed by atoms with Gasteiger partial charge in [-0.1, -0.05) is 38.3 Å². The fourth-order valence-corrected chi connectivity index (χ4v) is 2.87. The normalized spacial score (nSPS) is 22.2. The van der Waals surface area contributed by atoms with E-state index < -0.39 is 0 Å². The van der Waals surface area contributed by atoms with Crippen LogP contribution in [-0.4, -0.2) is 24.4 Å². The maximum Gasteiger partial charge on any atom is 0.119 e. The fourth-order valence-electron chi connectivity index (χ4n) is 2.87. The Morgan fingerprint density at radius 1 is 1.19 bits per heavy atom. The van der Waals surface area contributed by atoms with Crippen molar-refractivity contribution in [2.75, 3.05) is 13.2 Å². The van der Waals surface area contributed by atoms with Crippen molar-refractivity contribution >= 4 is 0 Å². The summed E-state index contributed by atoms with van der Waals surface area (Å²) in [5.74, 6) is 1.38. The molecule has 1 aliphatic rings. The molecule has 0 heterocycles. The van der Waals surface area contributed by atoms with Crippen LogP contribution in [0.5, 0.6) is 5.75 Å². The van der Waals surface area contributed by atoms with Crippen LogP contribution in [0, 0.1) is 5.92 Å². The maximum atomic E-state index is 9.95. The molecule has 0 spiro atoms. The van der Waals surface area contributed by atoms with Crippen molar-refractivity contribution in [1.82, 2.24) is 5.32 Å². The van der Waals surface area contributed by atoms with E-state index in [-0.39, 0.29) is 6.10 Å². The van der Waals surface area contributed by atoms with Gasteiger partial charge in [-0.2, -0.15) is 0 Å². The number of rotatable bonds is 8. The summed E-state index contributed by atoms with van der Waals surface area (Å²) in [4.78, 5) is 0. The Morgan fingerprint density at radius 3 is 2.67 bits per heavy atom. The molecule has 2 N–H and O–H groups in total. The summed E-state index contributed by atoms with van der Waals surface area (Å²) in [7, 11) is 0. The molecule has 3 heteroatoms. The third-order valence-electron chi connectivity index (χ3n) is 4.29. The second-order valence-electron chi connectivity index (χ2n) is 6.09. The molecule has 2 rings (SSSR count). The van der Waals surface area contributed by atoms with Crippen molar-refractivity contribution in [3.05, 3.63) is 29.8 Å². The SMILES string of the molecule is CCCCOc1ccc(CNCC2CCCCC2O)cc1. The van der Waals surface area contributed by atoms with Crippen LogP contribution < -0.4 is 10.1 Å². The van der Waals surface area contributed by atoms with Gasteiger partial charge in [-0.25, -0.2) is 0 Å². The van der Waals surface area contributed by atoms with E-state index in [9.17, 15) is 5.11 Å². The second kappa shape index (κ2) is 9.06. The molecule has 3 nitrogen and oxygen atoms in total. The molecule has 0 radical (unpaired) electrons. The van der Waals surface area contributed by atoms with E-state index >= 15 is 0 Å². The predicted molar refractivity (Wildman–Crippen MR) is 86.5 cm³/mol. The van der Waals surface area contributed by atoms with Crippen molar-refractivity contribution in [2.24, 2.45) is 5.92 Å². The van der Waals surface area contributed by atoms with E-state index in [4.69, 9.17) is 4.74 Å². The van der Waals surface area contributed by atoms with Crippen LogP contribution in [0.25, 0.3) is 0 Å². The van der Waals surface area contributed by atoms with E-state index in [0.29, 0.717) is 5.92 Å². The standard InChI is InChI=1S/C18H29NO2/c1-2-3-12-21-17-10-8-15(9-11-17)13-19-14-16-6-4-5-7-18(16)20/h8-11,16,18-20H,2-7,12-14H2,1H3. The van der Waals surface area contributed by atoms with Crippen molar-refractivity contribution in [2.45, 2.75) is 58.1 Å². The van der Waals surface area contributed by atoms with Crippen molar-refractivity contribution in [3.8, 4) is 5.75 Å². The highest BCUT2D eigenvalue weighted by Crippen LogP contribution is 2.23. The minimum atomic E-state index is -0.111. The number of benzene rings is 1. The molecule has 1 saturated carbocycles. The minimum Gasteiger partial charge on any atom is -0.494 e. The molecule has 0 aromatic heterocycles. The number of nitrogens with one attached hydrogen (secondary N) is 1. The van der Waals surface area contributed by atoms with Gasteiger partial charge in [-0.05, 0) is 42.9 Å². The van der Waals surface area contributed by atoms with Gasteiger partial charge in [0.2, 0.25) is 0 Å². The third-order valence-corrected chi connectivity index (χ3v) is 4.29. The molecule has 2 atom stereocenters. The van der Waals surface area contributed by atoms with E-state index in [0.717, 1.165) is 51.1 Å². The van der Waals surface area contributed by atoms with Crippen LogP contribution in [0.4, 0.5) is 0 Å². The fraction of sp³-hybridized carbons (Fsp3) is 0.667. The molecule has 2 unspecified atom stereocenters. The van der Waals surface area contributed by atoms with Crippen LogP contribution in [0.2, 0.25) is 0 Å². The molecule has 1 aromatic rings. The lowest BCUT2D eigenvalue weighted by atomic mass is 9.86. The Kier molecular flexibility index (Phi) is 7.04. The first-order valence-corrected chi connectivity index (χ1v) is 8.40. The van der Waals surface area contributed by atoms with Gasteiger partial charge in [0.1, 0.15) is 5.75 Å². The first kappa shape index (κ1) is 16.3. The van der Waals surface area contributed by atoms with E-state index in [1.54, 1.807) is 0 Å². The number of aliphatic hydroxyl groups excluding tert-OH is 1. The first-order chi connectivity index (χ1) is 10.3. The van der Waals surface area contributed by atoms with Crippen molar-refractivity contribution in [1.29, 1.82) is 0 Å². The molecule has 0 bridgehead atoms. The van der Waals surface area contributed by atoms with Gasteiger partial charge in [-0.15, -0.1) is 0 Å². The monoisotopic (exact) mass is 291 g/mol. The van der Waals surface area contributed by atoms with Gasteiger partial charge < -0.3 is 15.2 Å². The summed E-state index contributed by atoms with van der Waals surface area (Å²) in [6.45, 7) is 4.74. The molecule has 0 aliphatic heterocycles. The van der Waals surface area contributed by atoms with Crippen LogP contribution in [-0.2, 0) is 6.54 Å². The molecular weight excluding hydrogens is 262 g/mol. The largest absolute Gasteiger partial charge is 0.494 e. The smallest absolute Gasteiger partial charge is 0.119 e. The topological polar surface area (TPSA) is 41.5 Å². The van der Waals surface area contributed by atoms with E-state index in [2.05, 4.69) is 24.4 Å². The average molecular weight is 291 g/mol. The Hall–Kier alpha value is -1.06. The number of hydrogen-bond acceptors (Lipinski definition) is 3. The van der Waals surface area contributed by atoms with Gasteiger partial charge in [0, 0.05) is 13.1 Å². The minimum absolute atomic E-state index is 0.111. The maximum absolute atomic E-state index is 9.95. The summed E-state index contributed by atoms with van der Waals surface area (Å²) in [5.41, 5.74) is 1.27. The van der Waals surface area contributed by atoms with Crippen LogP contribution in [0.3, 0.4) is 0 Å². The van der Waals surface area contributed by atoms with Crippen LogP contribution >= 0.6 is 0 Å². The van der Waals surface area contributed by atoms with E-state index in [1.807, 2.05) is 12.1 Å². The summed E-state index contributed by atoms with van der Waals surface area (Å²) in [6, 6.07) is 8.32. The molecular formula is C18H29NO2. The van der Waals surface area contributed by atoms with Gasteiger partial charge in [0.25, 0.3) is 0 Å². The molecule has 0 amide bonds. The highest BCUT2D eigenvalue weighted by atomic mass is 16.5. The molecule has 21 heavy (non-hydrogen) atoms. The van der Waals surface area contributed by atoms with Gasteiger partial charge in [-0.3, -0.25) is 0 Å². The lowest BCUT2D eigenvalue weighted by Gasteiger charge is -2.27. The number of ether oxygens (including phenoxy) is 1. The van der Waals surface area contributed by atoms with E-state index in [1.165, 1.54) is 18.4 Å². The molecule has 118 valence electrons. The van der Waals surface area contributed by atoms with Crippen molar-refractivity contribution in [3.63, 3.8) is 0 Å². The summed E-state index contributed by atoms with van der Waals surface area (Å²) >= 11 is 0. The van der Waals surface area contributed by atoms with Crippen LogP contribution in [0.1, 0.15) is 51.0 Å². The van der Waals surface area contributed by atoms with Gasteiger partial charge in [0.05, 0.1) is 12.7 Å². The lowest BCUT2D eigenvalue weighted by molar-refractivity contribution is 0.0695. The highest BCUT2D eigenvalue weighted by Gasteiger charge is 2.22. The zero-order valence-corrected chi connectivity index (χ0v) is 13.2. The Labute approximate surface area is 128 Å². The first-order valence-electron chi connectivity index (χ1n) is 8.40. The van der Waals surface area contributed by atoms with Gasteiger partial charge >= 0.3 is 0 Å². The second-order valence-corrected chi connectivity index (χ2v) is 6.09.